The van der Waals surface area contributed by atoms with Crippen molar-refractivity contribution in [2.45, 2.75) is 12.9 Å². The lowest BCUT2D eigenvalue weighted by Crippen LogP contribution is -2.20. The highest BCUT2D eigenvalue weighted by molar-refractivity contribution is 14.1. The van der Waals surface area contributed by atoms with E-state index >= 15 is 0 Å². The molecule has 9 heteroatoms. The van der Waals surface area contributed by atoms with Gasteiger partial charge in [-0.15, -0.1) is 13.2 Å². The van der Waals surface area contributed by atoms with E-state index in [1.807, 2.05) is 0 Å². The van der Waals surface area contributed by atoms with Gasteiger partial charge in [0.25, 0.3) is 0 Å². The number of pyridine rings is 1. The average molecular weight is 362 g/mol. The van der Waals surface area contributed by atoms with Crippen molar-refractivity contribution in [1.29, 1.82) is 0 Å². The van der Waals surface area contributed by atoms with Gasteiger partial charge in [0.2, 0.25) is 5.88 Å². The molecule has 17 heavy (non-hydrogen) atoms. The Morgan fingerprint density at radius 3 is 2.59 bits per heavy atom. The molecule has 0 bridgehead atoms. The van der Waals surface area contributed by atoms with Crippen LogP contribution in [0.2, 0.25) is 0 Å². The number of aromatic carboxylic acids is 1. The third-order valence-corrected chi connectivity index (χ3v) is 2.67. The van der Waals surface area contributed by atoms with Crippen LogP contribution in [0.15, 0.2) is 6.07 Å². The van der Waals surface area contributed by atoms with E-state index in [9.17, 15) is 18.0 Å². The smallest absolute Gasteiger partial charge is 0.478 e. The average Bonchev–Trinajstić information content (AvgIpc) is 2.18. The molecule has 0 aliphatic heterocycles. The molecule has 0 unspecified atom stereocenters. The monoisotopic (exact) mass is 362 g/mol. The summed E-state index contributed by atoms with van der Waals surface area (Å²) in [5.41, 5.74) is 4.88. The first kappa shape index (κ1) is 14.0. The predicted octanol–water partition coefficient (Wildman–Crippen LogP) is 1.74. The highest BCUT2D eigenvalue weighted by Crippen LogP contribution is 2.28. The van der Waals surface area contributed by atoms with Crippen molar-refractivity contribution in [1.82, 2.24) is 4.98 Å². The van der Waals surface area contributed by atoms with E-state index in [2.05, 4.69) is 9.72 Å². The molecule has 0 atom stereocenters. The molecular weight excluding hydrogens is 356 g/mol. The van der Waals surface area contributed by atoms with Crippen molar-refractivity contribution in [3.63, 3.8) is 0 Å². The topological polar surface area (TPSA) is 85.4 Å². The van der Waals surface area contributed by atoms with Crippen molar-refractivity contribution >= 4 is 28.6 Å². The number of ether oxygens (including phenoxy) is 1. The fourth-order valence-electron chi connectivity index (χ4n) is 0.994. The Hall–Kier alpha value is -1.10. The zero-order chi connectivity index (χ0) is 13.2. The number of nitrogens with two attached hydrogens (primary N) is 1. The van der Waals surface area contributed by atoms with Gasteiger partial charge in [-0.05, 0) is 28.7 Å². The lowest BCUT2D eigenvalue weighted by atomic mass is 10.2. The van der Waals surface area contributed by atoms with Crippen LogP contribution in [-0.4, -0.2) is 22.4 Å². The van der Waals surface area contributed by atoms with Gasteiger partial charge in [-0.1, -0.05) is 0 Å². The van der Waals surface area contributed by atoms with Gasteiger partial charge in [0.15, 0.2) is 0 Å². The Labute approximate surface area is 107 Å². The molecule has 0 fully saturated rings. The van der Waals surface area contributed by atoms with Crippen LogP contribution in [0.5, 0.6) is 5.88 Å². The van der Waals surface area contributed by atoms with Crippen molar-refractivity contribution in [3.8, 4) is 5.88 Å². The van der Waals surface area contributed by atoms with Crippen LogP contribution in [-0.2, 0) is 6.54 Å². The Balaban J connectivity index is 3.29. The number of alkyl halides is 3. The molecule has 0 saturated heterocycles. The van der Waals surface area contributed by atoms with Gasteiger partial charge in [-0.25, -0.2) is 9.78 Å². The van der Waals surface area contributed by atoms with E-state index in [1.54, 1.807) is 0 Å². The molecule has 1 aromatic rings. The summed E-state index contributed by atoms with van der Waals surface area (Å²) in [6.45, 7) is -0.189. The van der Waals surface area contributed by atoms with Gasteiger partial charge in [0.1, 0.15) is 0 Å². The van der Waals surface area contributed by atoms with Crippen molar-refractivity contribution in [2.24, 2.45) is 5.73 Å². The molecule has 1 rings (SSSR count). The predicted molar refractivity (Wildman–Crippen MR) is 58.5 cm³/mol. The quantitative estimate of drug-likeness (QED) is 0.801. The van der Waals surface area contributed by atoms with E-state index in [0.717, 1.165) is 6.07 Å². The minimum Gasteiger partial charge on any atom is -0.478 e. The molecule has 3 N–H and O–H groups in total. The SMILES string of the molecule is NCc1cc(C(=O)O)c(I)c(OC(F)(F)F)n1. The molecule has 94 valence electrons. The number of carboxylic acids is 1. The van der Waals surface area contributed by atoms with Gasteiger partial charge in [-0.3, -0.25) is 0 Å². The summed E-state index contributed by atoms with van der Waals surface area (Å²) in [5.74, 6) is -2.18. The van der Waals surface area contributed by atoms with E-state index < -0.39 is 18.2 Å². The fourth-order valence-corrected chi connectivity index (χ4v) is 1.61. The lowest BCUT2D eigenvalue weighted by molar-refractivity contribution is -0.276. The molecule has 0 aliphatic carbocycles. The van der Waals surface area contributed by atoms with Gasteiger partial charge in [-0.2, -0.15) is 0 Å². The number of aromatic nitrogens is 1. The van der Waals surface area contributed by atoms with Crippen molar-refractivity contribution < 1.29 is 27.8 Å². The minimum atomic E-state index is -4.93. The summed E-state index contributed by atoms with van der Waals surface area (Å²) < 4.78 is 39.5. The highest BCUT2D eigenvalue weighted by atomic mass is 127. The second-order valence-electron chi connectivity index (χ2n) is 2.84. The van der Waals surface area contributed by atoms with Crippen molar-refractivity contribution in [3.05, 3.63) is 20.9 Å². The Bertz CT molecular complexity index is 450. The maximum absolute atomic E-state index is 12.0. The van der Waals surface area contributed by atoms with E-state index in [1.165, 1.54) is 22.6 Å². The van der Waals surface area contributed by atoms with Gasteiger partial charge in [0.05, 0.1) is 14.8 Å². The number of halogens is 4. The van der Waals surface area contributed by atoms with Gasteiger partial charge >= 0.3 is 12.3 Å². The Morgan fingerprint density at radius 2 is 2.18 bits per heavy atom. The van der Waals surface area contributed by atoms with Crippen molar-refractivity contribution in [2.75, 3.05) is 0 Å². The van der Waals surface area contributed by atoms with Gasteiger partial charge < -0.3 is 15.6 Å². The Kier molecular flexibility index (Phi) is 4.14. The second-order valence-corrected chi connectivity index (χ2v) is 3.92. The number of hydrogen-bond donors (Lipinski definition) is 2. The molecule has 1 heterocycles. The number of hydrogen-bond acceptors (Lipinski definition) is 4. The lowest BCUT2D eigenvalue weighted by Gasteiger charge is -2.12. The van der Waals surface area contributed by atoms with Crippen LogP contribution in [0.1, 0.15) is 16.1 Å². The largest absolute Gasteiger partial charge is 0.574 e. The van der Waals surface area contributed by atoms with Gasteiger partial charge in [0, 0.05) is 6.54 Å². The third kappa shape index (κ3) is 3.70. The second kappa shape index (κ2) is 5.04. The summed E-state index contributed by atoms with van der Waals surface area (Å²) in [6, 6.07) is 1.10. The fraction of sp³-hybridized carbons (Fsp3) is 0.250. The number of nitrogens with zero attached hydrogens (tertiary/aromatic N) is 1. The maximum Gasteiger partial charge on any atom is 0.574 e. The van der Waals surface area contributed by atoms with Crippen LogP contribution in [0, 0.1) is 3.57 Å². The zero-order valence-electron chi connectivity index (χ0n) is 8.08. The normalized spacial score (nSPS) is 11.4. The summed E-state index contributed by atoms with van der Waals surface area (Å²) in [6.07, 6.45) is -4.93. The highest BCUT2D eigenvalue weighted by Gasteiger charge is 2.33. The Morgan fingerprint density at radius 1 is 1.59 bits per heavy atom. The number of carbonyl (C=O) groups is 1. The molecule has 0 aliphatic rings. The summed E-state index contributed by atoms with van der Waals surface area (Å²) in [7, 11) is 0. The molecule has 0 radical (unpaired) electrons. The first-order valence-electron chi connectivity index (χ1n) is 4.13. The van der Waals surface area contributed by atoms with Crippen LogP contribution >= 0.6 is 22.6 Å². The summed E-state index contributed by atoms with van der Waals surface area (Å²) >= 11 is 1.42. The third-order valence-electron chi connectivity index (χ3n) is 1.63. The summed E-state index contributed by atoms with van der Waals surface area (Å²) in [4.78, 5) is 14.3. The molecular formula is C8H6F3IN2O3. The molecule has 0 amide bonds. The van der Waals surface area contributed by atoms with E-state index in [-0.39, 0.29) is 21.4 Å². The minimum absolute atomic E-state index is 0.00191. The summed E-state index contributed by atoms with van der Waals surface area (Å²) in [5, 5.41) is 8.80. The molecule has 5 nitrogen and oxygen atoms in total. The standard InChI is InChI=1S/C8H6F3IN2O3/c9-8(10,11)17-6-5(12)4(7(15)16)1-3(2-13)14-6/h1H,2,13H2,(H,15,16). The first-order chi connectivity index (χ1) is 7.74. The van der Waals surface area contributed by atoms with Crippen LogP contribution < -0.4 is 10.5 Å². The number of carboxylic acid groups (broad SMARTS) is 1. The van der Waals surface area contributed by atoms with Crippen LogP contribution in [0.4, 0.5) is 13.2 Å². The van der Waals surface area contributed by atoms with E-state index in [4.69, 9.17) is 10.8 Å². The van der Waals surface area contributed by atoms with E-state index in [0.29, 0.717) is 0 Å². The molecule has 0 spiro atoms. The van der Waals surface area contributed by atoms with Crippen LogP contribution in [0.3, 0.4) is 0 Å². The first-order valence-corrected chi connectivity index (χ1v) is 5.21. The molecule has 0 aromatic carbocycles. The molecule has 0 saturated carbocycles. The molecule has 1 aromatic heterocycles. The van der Waals surface area contributed by atoms with Crippen LogP contribution in [0.25, 0.3) is 0 Å². The number of rotatable bonds is 3. The maximum atomic E-state index is 12.0. The zero-order valence-corrected chi connectivity index (χ0v) is 10.2.